The van der Waals surface area contributed by atoms with Crippen molar-refractivity contribution in [3.63, 3.8) is 0 Å². The Morgan fingerprint density at radius 3 is 2.33 bits per heavy atom. The Labute approximate surface area is 88.0 Å². The minimum Gasteiger partial charge on any atom is -0.258 e. The summed E-state index contributed by atoms with van der Waals surface area (Å²) in [6.07, 6.45) is 0. The first kappa shape index (κ1) is 11.4. The zero-order valence-corrected chi connectivity index (χ0v) is 8.94. The molecule has 0 saturated heterocycles. The van der Waals surface area contributed by atoms with Gasteiger partial charge >= 0.3 is 0 Å². The Hall–Kier alpha value is -1.66. The van der Waals surface area contributed by atoms with Crippen LogP contribution in [0, 0.1) is 17.0 Å². The first-order chi connectivity index (χ1) is 7.10. The molecular formula is C9H14N4O2. The van der Waals surface area contributed by atoms with Crippen molar-refractivity contribution in [2.45, 2.75) is 6.92 Å². The molecule has 1 aromatic rings. The molecule has 0 spiro atoms. The summed E-state index contributed by atoms with van der Waals surface area (Å²) in [5.74, 6) is 0. The zero-order valence-electron chi connectivity index (χ0n) is 8.94. The first-order valence-corrected chi connectivity index (χ1v) is 4.50. The lowest BCUT2D eigenvalue weighted by Gasteiger charge is -2.21. The van der Waals surface area contributed by atoms with E-state index in [1.54, 1.807) is 38.3 Å². The number of benzene rings is 1. The Morgan fingerprint density at radius 2 is 1.93 bits per heavy atom. The Bertz CT molecular complexity index is 363. The second-order valence-electron chi connectivity index (χ2n) is 3.01. The highest BCUT2D eigenvalue weighted by Gasteiger charge is 2.11. The molecule has 0 aliphatic rings. The third-order valence-corrected chi connectivity index (χ3v) is 2.08. The van der Waals surface area contributed by atoms with Gasteiger partial charge in [0.05, 0.1) is 10.6 Å². The number of nitro groups is 1. The van der Waals surface area contributed by atoms with Crippen LogP contribution in [0.1, 0.15) is 5.56 Å². The van der Waals surface area contributed by atoms with E-state index in [-0.39, 0.29) is 10.6 Å². The maximum atomic E-state index is 10.6. The summed E-state index contributed by atoms with van der Waals surface area (Å²) in [6, 6.07) is 4.91. The van der Waals surface area contributed by atoms with Crippen LogP contribution in [0.3, 0.4) is 0 Å². The largest absolute Gasteiger partial charge is 0.272 e. The molecule has 15 heavy (non-hydrogen) atoms. The maximum absolute atomic E-state index is 10.6. The van der Waals surface area contributed by atoms with Crippen LogP contribution in [0.4, 0.5) is 11.4 Å². The molecule has 0 unspecified atom stereocenters. The molecule has 0 aliphatic carbocycles. The number of nitrogens with one attached hydrogen (secondary N) is 2. The molecule has 6 heteroatoms. The highest BCUT2D eigenvalue weighted by Crippen LogP contribution is 2.22. The van der Waals surface area contributed by atoms with Crippen molar-refractivity contribution in [1.82, 2.24) is 10.9 Å². The number of rotatable bonds is 4. The minimum absolute atomic E-state index is 0.130. The first-order valence-electron chi connectivity index (χ1n) is 4.50. The van der Waals surface area contributed by atoms with Gasteiger partial charge < -0.3 is 0 Å². The van der Waals surface area contributed by atoms with Crippen LogP contribution < -0.4 is 16.0 Å². The predicted molar refractivity (Wildman–Crippen MR) is 58.4 cm³/mol. The summed E-state index contributed by atoms with van der Waals surface area (Å²) in [6.45, 7) is 1.71. The van der Waals surface area contributed by atoms with Gasteiger partial charge in [-0.1, -0.05) is 0 Å². The van der Waals surface area contributed by atoms with Gasteiger partial charge in [0.15, 0.2) is 0 Å². The molecule has 1 aromatic carbocycles. The molecule has 0 amide bonds. The van der Waals surface area contributed by atoms with Crippen molar-refractivity contribution < 1.29 is 4.92 Å². The van der Waals surface area contributed by atoms with E-state index in [1.807, 2.05) is 0 Å². The lowest BCUT2D eigenvalue weighted by atomic mass is 10.2. The molecule has 0 fully saturated rings. The Morgan fingerprint density at radius 1 is 1.33 bits per heavy atom. The molecule has 0 radical (unpaired) electrons. The predicted octanol–water partition coefficient (Wildman–Crippen LogP) is 0.978. The SMILES string of the molecule is CNN(NC)c1ccc([N+](=O)[O-])c(C)c1. The summed E-state index contributed by atoms with van der Waals surface area (Å²) < 4.78 is 0. The van der Waals surface area contributed by atoms with Gasteiger partial charge in [-0.15, -0.1) is 0 Å². The third kappa shape index (κ3) is 2.42. The van der Waals surface area contributed by atoms with Crippen LogP contribution >= 0.6 is 0 Å². The number of nitrogens with zero attached hydrogens (tertiary/aromatic N) is 2. The Kier molecular flexibility index (Phi) is 3.59. The summed E-state index contributed by atoms with van der Waals surface area (Å²) in [7, 11) is 3.51. The van der Waals surface area contributed by atoms with Crippen molar-refractivity contribution in [2.75, 3.05) is 19.2 Å². The fourth-order valence-corrected chi connectivity index (χ4v) is 1.35. The standard InChI is InChI=1S/C9H14N4O2/c1-7-6-8(12(10-2)11-3)4-5-9(7)13(14)15/h4-6,10-11H,1-3H3. The van der Waals surface area contributed by atoms with E-state index < -0.39 is 0 Å². The number of anilines is 1. The molecule has 0 bridgehead atoms. The monoisotopic (exact) mass is 210 g/mol. The second-order valence-corrected chi connectivity index (χ2v) is 3.01. The van der Waals surface area contributed by atoms with E-state index in [9.17, 15) is 10.1 Å². The van der Waals surface area contributed by atoms with E-state index >= 15 is 0 Å². The topological polar surface area (TPSA) is 70.4 Å². The van der Waals surface area contributed by atoms with Gasteiger partial charge in [-0.25, -0.2) is 16.0 Å². The Balaban J connectivity index is 3.05. The molecule has 2 N–H and O–H groups in total. The van der Waals surface area contributed by atoms with Crippen molar-refractivity contribution in [1.29, 1.82) is 0 Å². The molecule has 0 atom stereocenters. The normalized spacial score (nSPS) is 10.1. The van der Waals surface area contributed by atoms with Crippen molar-refractivity contribution in [2.24, 2.45) is 0 Å². The van der Waals surface area contributed by atoms with Crippen LogP contribution in [0.15, 0.2) is 18.2 Å². The smallest absolute Gasteiger partial charge is 0.258 e. The lowest BCUT2D eigenvalue weighted by molar-refractivity contribution is -0.385. The van der Waals surface area contributed by atoms with Crippen LogP contribution in [0.25, 0.3) is 0 Å². The molecular weight excluding hydrogens is 196 g/mol. The minimum atomic E-state index is -0.387. The highest BCUT2D eigenvalue weighted by atomic mass is 16.6. The number of hydrogen-bond acceptors (Lipinski definition) is 5. The average Bonchev–Trinajstić information content (AvgIpc) is 2.19. The number of aryl methyl sites for hydroxylation is 1. The van der Waals surface area contributed by atoms with Crippen molar-refractivity contribution >= 4 is 11.4 Å². The van der Waals surface area contributed by atoms with Gasteiger partial charge in [0.25, 0.3) is 5.69 Å². The fraction of sp³-hybridized carbons (Fsp3) is 0.333. The second kappa shape index (κ2) is 4.72. The number of hydrogen-bond donors (Lipinski definition) is 2. The van der Waals surface area contributed by atoms with E-state index in [2.05, 4.69) is 10.9 Å². The van der Waals surface area contributed by atoms with Crippen LogP contribution in [0.2, 0.25) is 0 Å². The van der Waals surface area contributed by atoms with Gasteiger partial charge in [0, 0.05) is 25.7 Å². The summed E-state index contributed by atoms with van der Waals surface area (Å²) in [5, 5.41) is 12.3. The molecule has 0 aromatic heterocycles. The number of nitro benzene ring substituents is 1. The number of hydrazine groups is 2. The van der Waals surface area contributed by atoms with E-state index in [0.29, 0.717) is 5.56 Å². The molecule has 0 aliphatic heterocycles. The van der Waals surface area contributed by atoms with Crippen LogP contribution in [-0.2, 0) is 0 Å². The van der Waals surface area contributed by atoms with E-state index in [0.717, 1.165) is 5.69 Å². The summed E-state index contributed by atoms with van der Waals surface area (Å²) >= 11 is 0. The van der Waals surface area contributed by atoms with Gasteiger partial charge in [-0.05, 0) is 19.1 Å². The van der Waals surface area contributed by atoms with Crippen LogP contribution in [-0.4, -0.2) is 19.0 Å². The quantitative estimate of drug-likeness (QED) is 0.572. The summed E-state index contributed by atoms with van der Waals surface area (Å²) in [5.41, 5.74) is 7.38. The molecule has 0 saturated carbocycles. The molecule has 1 rings (SSSR count). The van der Waals surface area contributed by atoms with E-state index in [4.69, 9.17) is 0 Å². The van der Waals surface area contributed by atoms with Crippen molar-refractivity contribution in [3.05, 3.63) is 33.9 Å². The zero-order chi connectivity index (χ0) is 11.4. The average molecular weight is 210 g/mol. The highest BCUT2D eigenvalue weighted by molar-refractivity contribution is 5.53. The van der Waals surface area contributed by atoms with Gasteiger partial charge in [0.1, 0.15) is 0 Å². The third-order valence-electron chi connectivity index (χ3n) is 2.08. The summed E-state index contributed by atoms with van der Waals surface area (Å²) in [4.78, 5) is 10.2. The van der Waals surface area contributed by atoms with Gasteiger partial charge in [-0.3, -0.25) is 10.1 Å². The molecule has 6 nitrogen and oxygen atoms in total. The molecule has 82 valence electrons. The van der Waals surface area contributed by atoms with E-state index in [1.165, 1.54) is 6.07 Å². The van der Waals surface area contributed by atoms with Crippen LogP contribution in [0.5, 0.6) is 0 Å². The van der Waals surface area contributed by atoms with Gasteiger partial charge in [0.2, 0.25) is 0 Å². The van der Waals surface area contributed by atoms with Crippen molar-refractivity contribution in [3.8, 4) is 0 Å². The maximum Gasteiger partial charge on any atom is 0.272 e. The fourth-order valence-electron chi connectivity index (χ4n) is 1.35. The lowest BCUT2D eigenvalue weighted by Crippen LogP contribution is -2.44. The molecule has 0 heterocycles. The van der Waals surface area contributed by atoms with Gasteiger partial charge in [-0.2, -0.15) is 0 Å².